The van der Waals surface area contributed by atoms with Crippen LogP contribution in [0.2, 0.25) is 10.0 Å². The zero-order valence-electron chi connectivity index (χ0n) is 24.3. The van der Waals surface area contributed by atoms with Crippen molar-refractivity contribution in [1.29, 1.82) is 0 Å². The van der Waals surface area contributed by atoms with E-state index in [-0.39, 0.29) is 39.7 Å². The maximum atomic E-state index is 14.3. The van der Waals surface area contributed by atoms with Gasteiger partial charge in [-0.15, -0.1) is 12.4 Å². The molecule has 0 saturated heterocycles. The number of carbonyl (C=O) groups is 1. The average molecular weight is 686 g/mol. The second-order valence-electron chi connectivity index (χ2n) is 10.5. The molecular weight excluding hydrogens is 655 g/mol. The Hall–Kier alpha value is -3.76. The summed E-state index contributed by atoms with van der Waals surface area (Å²) in [5, 5.41) is 6.62. The van der Waals surface area contributed by atoms with Crippen molar-refractivity contribution in [3.8, 4) is 16.9 Å². The first kappa shape index (κ1) is 32.6. The molecule has 1 amide bonds. The van der Waals surface area contributed by atoms with Gasteiger partial charge < -0.3 is 15.4 Å². The summed E-state index contributed by atoms with van der Waals surface area (Å²) in [7, 11) is -2.62. The minimum absolute atomic E-state index is 0. The normalized spacial score (nSPS) is 15.2. The van der Waals surface area contributed by atoms with Crippen LogP contribution < -0.4 is 19.7 Å². The molecule has 0 bridgehead atoms. The number of sulfonamides is 1. The van der Waals surface area contributed by atoms with Gasteiger partial charge in [-0.05, 0) is 47.9 Å². The molecular formula is C33H31Cl3N4O4S. The van der Waals surface area contributed by atoms with Gasteiger partial charge >= 0.3 is 0 Å². The van der Waals surface area contributed by atoms with E-state index in [0.717, 1.165) is 35.6 Å². The van der Waals surface area contributed by atoms with Crippen molar-refractivity contribution in [2.75, 3.05) is 31.0 Å². The van der Waals surface area contributed by atoms with Gasteiger partial charge in [0.2, 0.25) is 5.91 Å². The third kappa shape index (κ3) is 6.49. The van der Waals surface area contributed by atoms with Gasteiger partial charge in [-0.3, -0.25) is 14.1 Å². The van der Waals surface area contributed by atoms with Crippen molar-refractivity contribution in [2.45, 2.75) is 23.8 Å². The van der Waals surface area contributed by atoms with Crippen molar-refractivity contribution < 1.29 is 17.9 Å². The topological polar surface area (TPSA) is 100 Å². The van der Waals surface area contributed by atoms with Gasteiger partial charge in [-0.2, -0.15) is 0 Å². The van der Waals surface area contributed by atoms with Crippen LogP contribution in [0.1, 0.15) is 29.2 Å². The van der Waals surface area contributed by atoms with Crippen LogP contribution in [0.15, 0.2) is 94.8 Å². The van der Waals surface area contributed by atoms with Gasteiger partial charge in [0.05, 0.1) is 46.7 Å². The number of benzene rings is 4. The molecule has 234 valence electrons. The lowest BCUT2D eigenvalue weighted by Crippen LogP contribution is -2.40. The molecule has 8 nitrogen and oxygen atoms in total. The number of aliphatic imine (C=N–C) groups is 1. The van der Waals surface area contributed by atoms with E-state index in [2.05, 4.69) is 15.6 Å². The van der Waals surface area contributed by atoms with Crippen LogP contribution >= 0.6 is 35.6 Å². The van der Waals surface area contributed by atoms with Crippen molar-refractivity contribution in [1.82, 2.24) is 10.6 Å². The fourth-order valence-corrected chi connectivity index (χ4v) is 7.75. The van der Waals surface area contributed by atoms with Crippen LogP contribution in [0.25, 0.3) is 11.1 Å². The molecule has 0 aliphatic carbocycles. The standard InChI is InChI=1S/C33H30Cl2N4O4S.ClH/c1-43-30-8-4-6-25-29(20-31(40)36-16-15-21-9-11-22(12-10-21)33-37-17-18-38-33)39(28-7-3-2-5-24(28)32(25)30)44(41,42)23-13-14-26(34)27(35)19-23;/h2-14,19,29H,15-18,20H2,1H3,(H,36,40)(H,37,38);1H. The van der Waals surface area contributed by atoms with Crippen LogP contribution in [-0.4, -0.2) is 46.9 Å². The van der Waals surface area contributed by atoms with E-state index in [0.29, 0.717) is 35.5 Å². The van der Waals surface area contributed by atoms with Gasteiger partial charge in [0.25, 0.3) is 10.0 Å². The third-order valence-electron chi connectivity index (χ3n) is 7.80. The minimum atomic E-state index is -4.19. The first-order valence-corrected chi connectivity index (χ1v) is 16.4. The highest BCUT2D eigenvalue weighted by Gasteiger charge is 2.41. The van der Waals surface area contributed by atoms with Crippen molar-refractivity contribution >= 4 is 63.1 Å². The zero-order valence-corrected chi connectivity index (χ0v) is 27.4. The number of ether oxygens (including phenoxy) is 1. The van der Waals surface area contributed by atoms with Crippen LogP contribution in [-0.2, 0) is 21.2 Å². The predicted octanol–water partition coefficient (Wildman–Crippen LogP) is 6.44. The maximum absolute atomic E-state index is 14.3. The smallest absolute Gasteiger partial charge is 0.264 e. The molecule has 1 atom stereocenters. The fourth-order valence-electron chi connectivity index (χ4n) is 5.71. The Bertz CT molecular complexity index is 1870. The number of hydrogen-bond acceptors (Lipinski definition) is 6. The number of nitrogens with zero attached hydrogens (tertiary/aromatic N) is 2. The number of nitrogens with one attached hydrogen (secondary N) is 2. The van der Waals surface area contributed by atoms with E-state index in [1.807, 2.05) is 48.5 Å². The second-order valence-corrected chi connectivity index (χ2v) is 13.1. The van der Waals surface area contributed by atoms with Gasteiger partial charge in [0, 0.05) is 29.8 Å². The summed E-state index contributed by atoms with van der Waals surface area (Å²) in [5.74, 6) is 1.21. The molecule has 2 aliphatic heterocycles. The summed E-state index contributed by atoms with van der Waals surface area (Å²) >= 11 is 12.4. The van der Waals surface area contributed by atoms with E-state index in [1.54, 1.807) is 25.3 Å². The Labute approximate surface area is 278 Å². The summed E-state index contributed by atoms with van der Waals surface area (Å²) in [5.41, 5.74) is 4.65. The molecule has 4 aromatic carbocycles. The SMILES string of the molecule is COc1cccc2c1-c1ccccc1N(S(=O)(=O)c1ccc(Cl)c(Cl)c1)C2CC(=O)NCCc1ccc(C2=NCCN2)cc1.Cl. The quantitative estimate of drug-likeness (QED) is 0.211. The van der Waals surface area contributed by atoms with Crippen LogP contribution in [0.3, 0.4) is 0 Å². The number of fused-ring (bicyclic) bond motifs is 3. The highest BCUT2D eigenvalue weighted by molar-refractivity contribution is 7.92. The Balaban J connectivity index is 0.00000400. The van der Waals surface area contributed by atoms with Gasteiger partial charge in [0.1, 0.15) is 11.6 Å². The van der Waals surface area contributed by atoms with Crippen molar-refractivity contribution in [3.05, 3.63) is 112 Å². The molecule has 0 saturated carbocycles. The van der Waals surface area contributed by atoms with E-state index in [4.69, 9.17) is 27.9 Å². The highest BCUT2D eigenvalue weighted by Crippen LogP contribution is 2.51. The largest absolute Gasteiger partial charge is 0.496 e. The monoisotopic (exact) mass is 684 g/mol. The van der Waals surface area contributed by atoms with Crippen LogP contribution in [0.4, 0.5) is 5.69 Å². The molecule has 0 spiro atoms. The van der Waals surface area contributed by atoms with Crippen LogP contribution in [0, 0.1) is 0 Å². The summed E-state index contributed by atoms with van der Waals surface area (Å²) in [4.78, 5) is 17.9. The van der Waals surface area contributed by atoms with Crippen molar-refractivity contribution in [2.24, 2.45) is 4.99 Å². The molecule has 0 aromatic heterocycles. The number of carbonyl (C=O) groups excluding carboxylic acids is 1. The Morgan fingerprint density at radius 2 is 1.80 bits per heavy atom. The van der Waals surface area contributed by atoms with E-state index in [1.165, 1.54) is 22.5 Å². The lowest BCUT2D eigenvalue weighted by Gasteiger charge is -2.39. The summed E-state index contributed by atoms with van der Waals surface area (Å²) in [6.45, 7) is 2.02. The Morgan fingerprint density at radius 3 is 2.51 bits per heavy atom. The lowest BCUT2D eigenvalue weighted by molar-refractivity contribution is -0.121. The molecule has 12 heteroatoms. The van der Waals surface area contributed by atoms with Crippen molar-refractivity contribution in [3.63, 3.8) is 0 Å². The lowest BCUT2D eigenvalue weighted by atomic mass is 9.87. The van der Waals surface area contributed by atoms with E-state index in [9.17, 15) is 13.2 Å². The molecule has 0 fully saturated rings. The third-order valence-corrected chi connectivity index (χ3v) is 10.4. The molecule has 2 aliphatic rings. The number of rotatable bonds is 9. The van der Waals surface area contributed by atoms with Gasteiger partial charge in [-0.1, -0.05) is 77.8 Å². The molecule has 1 unspecified atom stereocenters. The summed E-state index contributed by atoms with van der Waals surface area (Å²) in [6.07, 6.45) is 0.509. The molecule has 45 heavy (non-hydrogen) atoms. The molecule has 6 rings (SSSR count). The summed E-state index contributed by atoms with van der Waals surface area (Å²) in [6, 6.07) is 24.1. The molecule has 0 radical (unpaired) electrons. The molecule has 4 aromatic rings. The first-order chi connectivity index (χ1) is 21.3. The molecule has 2 N–H and O–H groups in total. The minimum Gasteiger partial charge on any atom is -0.496 e. The van der Waals surface area contributed by atoms with Gasteiger partial charge in [-0.25, -0.2) is 8.42 Å². The van der Waals surface area contributed by atoms with Crippen LogP contribution in [0.5, 0.6) is 5.75 Å². The average Bonchev–Trinajstić information content (AvgIpc) is 3.57. The number of hydrogen-bond donors (Lipinski definition) is 2. The van der Waals surface area contributed by atoms with E-state index >= 15 is 0 Å². The zero-order chi connectivity index (χ0) is 30.8. The molecule has 2 heterocycles. The van der Waals surface area contributed by atoms with Gasteiger partial charge in [0.15, 0.2) is 0 Å². The number of para-hydroxylation sites is 1. The Morgan fingerprint density at radius 1 is 1.02 bits per heavy atom. The first-order valence-electron chi connectivity index (χ1n) is 14.2. The summed E-state index contributed by atoms with van der Waals surface area (Å²) < 4.78 is 35.7. The predicted molar refractivity (Wildman–Crippen MR) is 182 cm³/mol. The number of anilines is 1. The number of methoxy groups -OCH3 is 1. The number of halogens is 3. The fraction of sp³-hybridized carbons (Fsp3) is 0.212. The second kappa shape index (κ2) is 13.7. The number of amides is 1. The number of amidine groups is 1. The Kier molecular flexibility index (Phi) is 9.94. The maximum Gasteiger partial charge on any atom is 0.264 e. The highest BCUT2D eigenvalue weighted by atomic mass is 35.5. The van der Waals surface area contributed by atoms with E-state index < -0.39 is 16.1 Å².